The quantitative estimate of drug-likeness (QED) is 0.271. The third kappa shape index (κ3) is 4.36. The molecule has 2 bridgehead atoms. The molecule has 3 fully saturated rings. The summed E-state index contributed by atoms with van der Waals surface area (Å²) in [5.41, 5.74) is 6.95. The van der Waals surface area contributed by atoms with Crippen LogP contribution in [0.2, 0.25) is 5.02 Å². The Kier molecular flexibility index (Phi) is 6.87. The summed E-state index contributed by atoms with van der Waals surface area (Å²) in [6.45, 7) is 2.44. The van der Waals surface area contributed by atoms with Gasteiger partial charge in [0.25, 0.3) is 0 Å². The van der Waals surface area contributed by atoms with Crippen molar-refractivity contribution in [2.75, 3.05) is 50.5 Å². The van der Waals surface area contributed by atoms with Crippen molar-refractivity contribution in [2.24, 2.45) is 0 Å². The molecule has 3 aliphatic heterocycles. The average Bonchev–Trinajstić information content (AvgIpc) is 3.68. The summed E-state index contributed by atoms with van der Waals surface area (Å²) < 4.78 is 23.8. The van der Waals surface area contributed by atoms with Gasteiger partial charge < -0.3 is 25.8 Å². The largest absolute Gasteiger partial charge is 0.461 e. The van der Waals surface area contributed by atoms with Gasteiger partial charge >= 0.3 is 6.01 Å². The zero-order chi connectivity index (χ0) is 29.2. The number of nitrogen functional groups attached to an aromatic ring is 1. The Hall–Kier alpha value is -3.27. The first kappa shape index (κ1) is 27.6. The van der Waals surface area contributed by atoms with E-state index in [-0.39, 0.29) is 40.9 Å². The molecule has 2 aromatic heterocycles. The van der Waals surface area contributed by atoms with Crippen LogP contribution in [-0.4, -0.2) is 77.5 Å². The van der Waals surface area contributed by atoms with Gasteiger partial charge in [0.15, 0.2) is 5.82 Å². The van der Waals surface area contributed by atoms with E-state index < -0.39 is 11.4 Å². The summed E-state index contributed by atoms with van der Waals surface area (Å²) in [6, 6.07) is 8.12. The van der Waals surface area contributed by atoms with Gasteiger partial charge in [-0.05, 0) is 57.5 Å². The highest BCUT2D eigenvalue weighted by atomic mass is 35.5. The van der Waals surface area contributed by atoms with Crippen LogP contribution in [0.15, 0.2) is 23.6 Å². The zero-order valence-corrected chi connectivity index (χ0v) is 24.7. The molecule has 0 spiro atoms. The Balaban J connectivity index is 1.39. The highest BCUT2D eigenvalue weighted by molar-refractivity contribution is 7.17. The molecule has 218 valence electrons. The number of likely N-dealkylation sites (N-methyl/N-ethyl adjacent to an activating group) is 1. The molecule has 0 saturated carbocycles. The summed E-state index contributed by atoms with van der Waals surface area (Å²) >= 11 is 8.25. The lowest BCUT2D eigenvalue weighted by Gasteiger charge is -2.35. The maximum Gasteiger partial charge on any atom is 0.319 e. The first-order valence-corrected chi connectivity index (χ1v) is 15.4. The lowest BCUT2D eigenvalue weighted by Crippen LogP contribution is -2.51. The number of anilines is 2. The normalized spacial score (nSPS) is 24.1. The lowest BCUT2D eigenvalue weighted by molar-refractivity contribution is 0.0363. The molecule has 0 aliphatic carbocycles. The Bertz CT molecular complexity index is 1750. The number of halogens is 2. The number of aliphatic hydroxyl groups excluding tert-OH is 1. The standard InChI is InChI=1S/C30H31ClFN7O2S/c1-38-8-2-7-30(38,14-40)15-41-29-36-27-18(28(37-29)39-11-16-3-4-17(12-39)35-16)9-21(31)25(26(27)32)20-13-42-23-6-5-22(34)19(10-33)24(20)23/h5-6,9,13,16-17,35,40H,2-4,7-8,11-12,14-15,34H2,1H3/t16?,17?,30-/m1/s1. The Labute approximate surface area is 251 Å². The van der Waals surface area contributed by atoms with Crippen LogP contribution in [0.1, 0.15) is 31.2 Å². The number of rotatable bonds is 6. The van der Waals surface area contributed by atoms with Crippen LogP contribution >= 0.6 is 22.9 Å². The van der Waals surface area contributed by atoms with Crippen LogP contribution < -0.4 is 20.7 Å². The molecule has 12 heteroatoms. The van der Waals surface area contributed by atoms with Crippen LogP contribution in [0.5, 0.6) is 6.01 Å². The number of nitrogens with one attached hydrogen (secondary N) is 1. The van der Waals surface area contributed by atoms with E-state index in [0.29, 0.717) is 39.9 Å². The lowest BCUT2D eigenvalue weighted by atomic mass is 9.98. The molecule has 4 aromatic rings. The van der Waals surface area contributed by atoms with Gasteiger partial charge in [0, 0.05) is 57.2 Å². The van der Waals surface area contributed by atoms with Gasteiger partial charge in [-0.15, -0.1) is 11.3 Å². The fourth-order valence-electron chi connectivity index (χ4n) is 6.83. The highest BCUT2D eigenvalue weighted by Crippen LogP contribution is 2.45. The molecule has 2 aromatic carbocycles. The summed E-state index contributed by atoms with van der Waals surface area (Å²) in [5, 5.41) is 26.8. The molecule has 3 saturated heterocycles. The maximum absolute atomic E-state index is 16.8. The van der Waals surface area contributed by atoms with Gasteiger partial charge in [0.1, 0.15) is 24.0 Å². The van der Waals surface area contributed by atoms with Gasteiger partial charge in [-0.25, -0.2) is 4.39 Å². The van der Waals surface area contributed by atoms with E-state index in [1.165, 1.54) is 11.3 Å². The van der Waals surface area contributed by atoms with E-state index in [2.05, 4.69) is 26.2 Å². The first-order valence-electron chi connectivity index (χ1n) is 14.2. The minimum Gasteiger partial charge on any atom is -0.461 e. The smallest absolute Gasteiger partial charge is 0.319 e. The molecule has 3 atom stereocenters. The van der Waals surface area contributed by atoms with Crippen molar-refractivity contribution < 1.29 is 14.2 Å². The van der Waals surface area contributed by atoms with E-state index in [1.54, 1.807) is 17.5 Å². The summed E-state index contributed by atoms with van der Waals surface area (Å²) in [5.74, 6) is -0.0271. The molecule has 0 radical (unpaired) electrons. The number of ether oxygens (including phenoxy) is 1. The Morgan fingerprint density at radius 1 is 1.31 bits per heavy atom. The molecule has 9 nitrogen and oxygen atoms in total. The fourth-order valence-corrected chi connectivity index (χ4v) is 8.08. The highest BCUT2D eigenvalue weighted by Gasteiger charge is 2.40. The van der Waals surface area contributed by atoms with Gasteiger partial charge in [-0.3, -0.25) is 4.90 Å². The Morgan fingerprint density at radius 2 is 2.10 bits per heavy atom. The van der Waals surface area contributed by atoms with Crippen molar-refractivity contribution in [1.82, 2.24) is 20.2 Å². The number of nitriles is 1. The monoisotopic (exact) mass is 607 g/mol. The molecule has 4 N–H and O–H groups in total. The fraction of sp³-hybridized carbons (Fsp3) is 0.433. The number of aromatic nitrogens is 2. The van der Waals surface area contributed by atoms with E-state index in [4.69, 9.17) is 27.1 Å². The molecule has 7 rings (SSSR count). The summed E-state index contributed by atoms with van der Waals surface area (Å²) in [6.07, 6.45) is 3.89. The van der Waals surface area contributed by atoms with Gasteiger partial charge in [-0.1, -0.05) is 11.6 Å². The Morgan fingerprint density at radius 3 is 2.79 bits per heavy atom. The summed E-state index contributed by atoms with van der Waals surface area (Å²) in [7, 11) is 1.97. The minimum atomic E-state index is -0.607. The van der Waals surface area contributed by atoms with Gasteiger partial charge in [0.05, 0.1) is 28.4 Å². The number of thiophene rings is 1. The zero-order valence-electron chi connectivity index (χ0n) is 23.2. The SMILES string of the molecule is CN1CCC[C@@]1(CO)COc1nc(N2CC3CCC(C2)N3)c2cc(Cl)c(-c3csc4ccc(N)c(C#N)c34)c(F)c2n1. The number of likely N-dealkylation sites (tertiary alicyclic amines) is 1. The van der Waals surface area contributed by atoms with Crippen LogP contribution in [-0.2, 0) is 0 Å². The van der Waals surface area contributed by atoms with Gasteiger partial charge in [0.2, 0.25) is 0 Å². The summed E-state index contributed by atoms with van der Waals surface area (Å²) in [4.78, 5) is 13.7. The third-order valence-corrected chi connectivity index (χ3v) is 10.5. The molecule has 3 aliphatic rings. The predicted octanol–water partition coefficient (Wildman–Crippen LogP) is 4.53. The predicted molar refractivity (Wildman–Crippen MR) is 164 cm³/mol. The number of hydrogen-bond acceptors (Lipinski definition) is 10. The molecule has 2 unspecified atom stereocenters. The topological polar surface area (TPSA) is 124 Å². The second-order valence-corrected chi connectivity index (χ2v) is 13.0. The van der Waals surface area contributed by atoms with Crippen LogP contribution in [0.25, 0.3) is 32.1 Å². The van der Waals surface area contributed by atoms with Gasteiger partial charge in [-0.2, -0.15) is 15.2 Å². The number of piperazine rings is 1. The van der Waals surface area contributed by atoms with E-state index in [9.17, 15) is 10.4 Å². The first-order chi connectivity index (χ1) is 20.3. The van der Waals surface area contributed by atoms with E-state index in [1.807, 2.05) is 13.1 Å². The molecular weight excluding hydrogens is 577 g/mol. The number of aliphatic hydroxyl groups is 1. The number of fused-ring (bicyclic) bond motifs is 4. The third-order valence-electron chi connectivity index (χ3n) is 9.22. The van der Waals surface area contributed by atoms with Crippen LogP contribution in [0.3, 0.4) is 0 Å². The van der Waals surface area contributed by atoms with Crippen LogP contribution in [0, 0.1) is 17.1 Å². The van der Waals surface area contributed by atoms with Crippen molar-refractivity contribution in [3.05, 3.63) is 40.0 Å². The second-order valence-electron chi connectivity index (χ2n) is 11.7. The number of hydrogen-bond donors (Lipinski definition) is 3. The molecule has 0 amide bonds. The van der Waals surface area contributed by atoms with Crippen molar-refractivity contribution in [3.8, 4) is 23.2 Å². The number of benzene rings is 2. The van der Waals surface area contributed by atoms with Crippen molar-refractivity contribution in [3.63, 3.8) is 0 Å². The van der Waals surface area contributed by atoms with E-state index >= 15 is 4.39 Å². The van der Waals surface area contributed by atoms with Crippen molar-refractivity contribution >= 4 is 55.4 Å². The number of nitrogens with zero attached hydrogens (tertiary/aromatic N) is 5. The minimum absolute atomic E-state index is 0.0563. The average molecular weight is 608 g/mol. The molecular formula is C30H31ClFN7O2S. The second kappa shape index (κ2) is 10.5. The molecule has 42 heavy (non-hydrogen) atoms. The number of nitrogens with two attached hydrogens (primary N) is 1. The van der Waals surface area contributed by atoms with Crippen molar-refractivity contribution in [2.45, 2.75) is 43.3 Å². The van der Waals surface area contributed by atoms with Crippen LogP contribution in [0.4, 0.5) is 15.9 Å². The maximum atomic E-state index is 16.8. The van der Waals surface area contributed by atoms with Crippen molar-refractivity contribution in [1.29, 1.82) is 5.26 Å². The molecule has 5 heterocycles. The van der Waals surface area contributed by atoms with E-state index in [0.717, 1.165) is 50.0 Å².